The number of halogens is 2. The molecule has 1 heterocycles. The Bertz CT molecular complexity index is 732. The molecule has 19 heavy (non-hydrogen) atoms. The first-order valence-electron chi connectivity index (χ1n) is 5.79. The number of nitrogen functional groups attached to an aromatic ring is 1. The molecule has 0 fully saturated rings. The zero-order valence-electron chi connectivity index (χ0n) is 9.98. The molecule has 0 radical (unpaired) electrons. The second kappa shape index (κ2) is 4.35. The van der Waals surface area contributed by atoms with Crippen LogP contribution in [0.5, 0.6) is 0 Å². The van der Waals surface area contributed by atoms with E-state index in [1.54, 1.807) is 22.8 Å². The lowest BCUT2D eigenvalue weighted by atomic mass is 10.2. The average Bonchev–Trinajstić information content (AvgIpc) is 2.68. The third-order valence-corrected chi connectivity index (χ3v) is 2.99. The Morgan fingerprint density at radius 1 is 1.00 bits per heavy atom. The molecule has 0 aliphatic carbocycles. The molecule has 0 amide bonds. The summed E-state index contributed by atoms with van der Waals surface area (Å²) in [5, 5.41) is 0. The first-order valence-corrected chi connectivity index (χ1v) is 5.79. The van der Waals surface area contributed by atoms with Gasteiger partial charge in [-0.2, -0.15) is 0 Å². The molecule has 0 aliphatic heterocycles. The highest BCUT2D eigenvalue weighted by Gasteiger charge is 2.09. The van der Waals surface area contributed by atoms with Crippen molar-refractivity contribution in [2.24, 2.45) is 0 Å². The first kappa shape index (κ1) is 11.6. The number of hydrogen-bond donors (Lipinski definition) is 1. The van der Waals surface area contributed by atoms with Crippen LogP contribution in [0.2, 0.25) is 0 Å². The number of anilines is 1. The summed E-state index contributed by atoms with van der Waals surface area (Å²) in [5.74, 6) is -0.321. The fourth-order valence-corrected chi connectivity index (χ4v) is 2.06. The van der Waals surface area contributed by atoms with Crippen molar-refractivity contribution in [1.82, 2.24) is 9.55 Å². The van der Waals surface area contributed by atoms with E-state index in [1.165, 1.54) is 24.3 Å². The van der Waals surface area contributed by atoms with Crippen molar-refractivity contribution in [1.29, 1.82) is 0 Å². The summed E-state index contributed by atoms with van der Waals surface area (Å²) in [6, 6.07) is 10.5. The zero-order valence-corrected chi connectivity index (χ0v) is 9.98. The first-order chi connectivity index (χ1) is 9.13. The average molecular weight is 259 g/mol. The van der Waals surface area contributed by atoms with Crippen LogP contribution in [0.15, 0.2) is 42.5 Å². The molecular weight excluding hydrogens is 248 g/mol. The van der Waals surface area contributed by atoms with Crippen LogP contribution in [0.3, 0.4) is 0 Å². The summed E-state index contributed by atoms with van der Waals surface area (Å²) >= 11 is 0. The number of aromatic nitrogens is 2. The normalized spacial score (nSPS) is 11.1. The van der Waals surface area contributed by atoms with E-state index in [-0.39, 0.29) is 11.6 Å². The van der Waals surface area contributed by atoms with Crippen molar-refractivity contribution in [2.45, 2.75) is 6.54 Å². The Morgan fingerprint density at radius 2 is 1.68 bits per heavy atom. The summed E-state index contributed by atoms with van der Waals surface area (Å²) in [7, 11) is 0. The summed E-state index contributed by atoms with van der Waals surface area (Å²) in [6.45, 7) is 0.467. The molecule has 0 saturated heterocycles. The molecule has 0 spiro atoms. The number of fused-ring (bicyclic) bond motifs is 1. The van der Waals surface area contributed by atoms with E-state index in [9.17, 15) is 8.78 Å². The Labute approximate surface area is 108 Å². The maximum atomic E-state index is 13.1. The van der Waals surface area contributed by atoms with Crippen molar-refractivity contribution >= 4 is 17.0 Å². The smallest absolute Gasteiger partial charge is 0.201 e. The van der Waals surface area contributed by atoms with Gasteiger partial charge < -0.3 is 10.3 Å². The van der Waals surface area contributed by atoms with Gasteiger partial charge in [0.05, 0.1) is 17.6 Å². The highest BCUT2D eigenvalue weighted by Crippen LogP contribution is 2.20. The summed E-state index contributed by atoms with van der Waals surface area (Å²) in [4.78, 5) is 4.11. The topological polar surface area (TPSA) is 43.8 Å². The number of imidazole rings is 1. The second-order valence-corrected chi connectivity index (χ2v) is 4.32. The van der Waals surface area contributed by atoms with Gasteiger partial charge in [-0.25, -0.2) is 13.8 Å². The van der Waals surface area contributed by atoms with E-state index in [1.807, 2.05) is 0 Å². The molecule has 3 rings (SSSR count). The van der Waals surface area contributed by atoms with Gasteiger partial charge in [-0.15, -0.1) is 0 Å². The molecule has 2 N–H and O–H groups in total. The highest BCUT2D eigenvalue weighted by molar-refractivity contribution is 5.78. The predicted octanol–water partition coefficient (Wildman–Crippen LogP) is 2.95. The van der Waals surface area contributed by atoms with Crippen molar-refractivity contribution in [3.63, 3.8) is 0 Å². The standard InChI is InChI=1S/C14H11F2N3/c15-10-3-1-9(2-4-10)8-19-13-6-5-11(16)7-12(13)18-14(19)17/h1-7H,8H2,(H2,17,18). The van der Waals surface area contributed by atoms with Gasteiger partial charge in [-0.3, -0.25) is 0 Å². The highest BCUT2D eigenvalue weighted by atomic mass is 19.1. The molecule has 0 saturated carbocycles. The zero-order chi connectivity index (χ0) is 13.4. The number of nitrogens with two attached hydrogens (primary N) is 1. The molecule has 0 atom stereocenters. The van der Waals surface area contributed by atoms with Crippen molar-refractivity contribution in [3.8, 4) is 0 Å². The van der Waals surface area contributed by atoms with Crippen LogP contribution in [0.25, 0.3) is 11.0 Å². The number of rotatable bonds is 2. The minimum atomic E-state index is -0.348. The van der Waals surface area contributed by atoms with E-state index >= 15 is 0 Å². The molecular formula is C14H11F2N3. The molecule has 3 nitrogen and oxygen atoms in total. The minimum absolute atomic E-state index is 0.283. The van der Waals surface area contributed by atoms with Crippen molar-refractivity contribution in [2.75, 3.05) is 5.73 Å². The number of benzene rings is 2. The third-order valence-electron chi connectivity index (χ3n) is 2.99. The fraction of sp³-hybridized carbons (Fsp3) is 0.0714. The van der Waals surface area contributed by atoms with E-state index in [4.69, 9.17) is 5.73 Å². The molecule has 96 valence electrons. The Morgan fingerprint density at radius 3 is 2.42 bits per heavy atom. The summed E-state index contributed by atoms with van der Waals surface area (Å²) < 4.78 is 27.7. The number of nitrogens with zero attached hydrogens (tertiary/aromatic N) is 2. The van der Waals surface area contributed by atoms with Gasteiger partial charge in [0.2, 0.25) is 5.95 Å². The molecule has 0 aliphatic rings. The number of hydrogen-bond acceptors (Lipinski definition) is 2. The van der Waals surface area contributed by atoms with Gasteiger partial charge in [0.15, 0.2) is 0 Å². The van der Waals surface area contributed by atoms with Crippen LogP contribution in [0.4, 0.5) is 14.7 Å². The molecule has 2 aromatic carbocycles. The van der Waals surface area contributed by atoms with Crippen LogP contribution in [-0.2, 0) is 6.54 Å². The maximum Gasteiger partial charge on any atom is 0.201 e. The largest absolute Gasteiger partial charge is 0.369 e. The van der Waals surface area contributed by atoms with Gasteiger partial charge in [0.25, 0.3) is 0 Å². The Kier molecular flexibility index (Phi) is 2.67. The monoisotopic (exact) mass is 259 g/mol. The fourth-order valence-electron chi connectivity index (χ4n) is 2.06. The van der Waals surface area contributed by atoms with Gasteiger partial charge in [0.1, 0.15) is 11.6 Å². The molecule has 3 aromatic rings. The van der Waals surface area contributed by atoms with Crippen molar-refractivity contribution < 1.29 is 8.78 Å². The second-order valence-electron chi connectivity index (χ2n) is 4.32. The van der Waals surface area contributed by atoms with Gasteiger partial charge in [-0.05, 0) is 29.8 Å². The molecule has 0 unspecified atom stereocenters. The molecule has 0 bridgehead atoms. The predicted molar refractivity (Wildman–Crippen MR) is 69.6 cm³/mol. The lowest BCUT2D eigenvalue weighted by Gasteiger charge is -2.06. The van der Waals surface area contributed by atoms with Crippen LogP contribution < -0.4 is 5.73 Å². The maximum absolute atomic E-state index is 13.1. The Hall–Kier alpha value is -2.43. The van der Waals surface area contributed by atoms with Crippen molar-refractivity contribution in [3.05, 3.63) is 59.7 Å². The van der Waals surface area contributed by atoms with Gasteiger partial charge in [-0.1, -0.05) is 12.1 Å². The lowest BCUT2D eigenvalue weighted by Crippen LogP contribution is -2.04. The summed E-state index contributed by atoms with van der Waals surface area (Å²) in [6.07, 6.45) is 0. The lowest BCUT2D eigenvalue weighted by molar-refractivity contribution is 0.626. The van der Waals surface area contributed by atoms with E-state index in [0.717, 1.165) is 11.1 Å². The van der Waals surface area contributed by atoms with E-state index in [2.05, 4.69) is 4.98 Å². The van der Waals surface area contributed by atoms with Crippen LogP contribution >= 0.6 is 0 Å². The quantitative estimate of drug-likeness (QED) is 0.769. The van der Waals surface area contributed by atoms with Gasteiger partial charge >= 0.3 is 0 Å². The molecule has 5 heteroatoms. The van der Waals surface area contributed by atoms with Crippen LogP contribution in [0, 0.1) is 11.6 Å². The minimum Gasteiger partial charge on any atom is -0.369 e. The third kappa shape index (κ3) is 2.14. The van der Waals surface area contributed by atoms with Gasteiger partial charge in [0, 0.05) is 6.07 Å². The van der Waals surface area contributed by atoms with Crippen LogP contribution in [-0.4, -0.2) is 9.55 Å². The summed E-state index contributed by atoms with van der Waals surface area (Å²) in [5.41, 5.74) is 8.00. The SMILES string of the molecule is Nc1nc2cc(F)ccc2n1Cc1ccc(F)cc1. The molecule has 1 aromatic heterocycles. The Balaban J connectivity index is 2.05. The van der Waals surface area contributed by atoms with E-state index in [0.29, 0.717) is 18.0 Å². The van der Waals surface area contributed by atoms with Crippen LogP contribution in [0.1, 0.15) is 5.56 Å². The van der Waals surface area contributed by atoms with E-state index < -0.39 is 0 Å².